The Balaban J connectivity index is 2.03. The summed E-state index contributed by atoms with van der Waals surface area (Å²) >= 11 is 0. The van der Waals surface area contributed by atoms with Gasteiger partial charge in [-0.2, -0.15) is 0 Å². The molecule has 0 saturated carbocycles. The highest BCUT2D eigenvalue weighted by Gasteiger charge is 2.04. The minimum atomic E-state index is -0.369. The van der Waals surface area contributed by atoms with E-state index in [0.717, 1.165) is 18.7 Å². The van der Waals surface area contributed by atoms with E-state index in [4.69, 9.17) is 14.2 Å². The van der Waals surface area contributed by atoms with Gasteiger partial charge in [0, 0.05) is 44.5 Å². The van der Waals surface area contributed by atoms with Crippen LogP contribution in [0.25, 0.3) is 0 Å². The van der Waals surface area contributed by atoms with E-state index in [1.807, 2.05) is 6.92 Å². The first kappa shape index (κ1) is 19.4. The number of hydrogen-bond acceptors (Lipinski definition) is 5. The molecule has 130 valence electrons. The van der Waals surface area contributed by atoms with E-state index in [2.05, 4.69) is 5.32 Å². The molecule has 0 spiro atoms. The van der Waals surface area contributed by atoms with Gasteiger partial charge in [0.1, 0.15) is 6.61 Å². The van der Waals surface area contributed by atoms with Crippen LogP contribution in [0.3, 0.4) is 0 Å². The molecule has 0 atom stereocenters. The molecule has 0 aromatic heterocycles. The number of anilines is 1. The van der Waals surface area contributed by atoms with E-state index in [1.165, 1.54) is 13.0 Å². The summed E-state index contributed by atoms with van der Waals surface area (Å²) in [4.78, 5) is 10.6. The summed E-state index contributed by atoms with van der Waals surface area (Å²) < 4.78 is 29.7. The fourth-order valence-corrected chi connectivity index (χ4v) is 1.86. The van der Waals surface area contributed by atoms with Gasteiger partial charge in [0.15, 0.2) is 17.3 Å². The maximum atomic E-state index is 13.7. The van der Waals surface area contributed by atoms with Gasteiger partial charge in [-0.05, 0) is 32.4 Å². The average Bonchev–Trinajstić information content (AvgIpc) is 2.51. The highest BCUT2D eigenvalue weighted by molar-refractivity contribution is 5.76. The molecular formula is C17H26FNO4. The Morgan fingerprint density at radius 1 is 1.13 bits per heavy atom. The first-order valence-electron chi connectivity index (χ1n) is 7.94. The van der Waals surface area contributed by atoms with Crippen LogP contribution in [0.1, 0.15) is 26.7 Å². The molecule has 0 bridgehead atoms. The topological polar surface area (TPSA) is 56.8 Å². The lowest BCUT2D eigenvalue weighted by Crippen LogP contribution is -2.08. The minimum Gasteiger partial charge on any atom is -0.490 e. The molecule has 0 heterocycles. The highest BCUT2D eigenvalue weighted by Crippen LogP contribution is 2.21. The fraction of sp³-hybridized carbons (Fsp3) is 0.588. The van der Waals surface area contributed by atoms with Crippen molar-refractivity contribution in [3.63, 3.8) is 0 Å². The molecule has 0 aliphatic heterocycles. The molecular weight excluding hydrogens is 301 g/mol. The van der Waals surface area contributed by atoms with Gasteiger partial charge >= 0.3 is 0 Å². The summed E-state index contributed by atoms with van der Waals surface area (Å²) in [5, 5.41) is 3.04. The third kappa shape index (κ3) is 9.15. The summed E-state index contributed by atoms with van der Waals surface area (Å²) in [7, 11) is 0. The lowest BCUT2D eigenvalue weighted by atomic mass is 10.3. The van der Waals surface area contributed by atoms with E-state index >= 15 is 0 Å². The van der Waals surface area contributed by atoms with Crippen LogP contribution in [-0.4, -0.2) is 45.4 Å². The van der Waals surface area contributed by atoms with Crippen molar-refractivity contribution in [2.45, 2.75) is 26.7 Å². The molecule has 0 fully saturated rings. The number of ether oxygens (including phenoxy) is 3. The second kappa shape index (κ2) is 11.8. The number of benzene rings is 1. The van der Waals surface area contributed by atoms with Gasteiger partial charge < -0.3 is 19.5 Å². The molecule has 1 aromatic rings. The number of carbonyl (C=O) groups is 1. The average molecular weight is 327 g/mol. The van der Waals surface area contributed by atoms with Crippen molar-refractivity contribution in [3.05, 3.63) is 24.0 Å². The standard InChI is InChI=1S/C17H26FNO4/c1-3-19-15-6-7-17(16(18)12-15)23-11-5-9-21-8-4-10-22-13-14(2)20/h6-7,12,19H,3-5,8-11,13H2,1-2H3. The van der Waals surface area contributed by atoms with Gasteiger partial charge in [-0.25, -0.2) is 4.39 Å². The zero-order valence-electron chi connectivity index (χ0n) is 13.9. The number of Topliss-reactive ketones (excluding diaryl/α,β-unsaturated/α-hetero) is 1. The number of halogens is 1. The summed E-state index contributed by atoms with van der Waals surface area (Å²) in [6.07, 6.45) is 1.43. The minimum absolute atomic E-state index is 0.0220. The first-order chi connectivity index (χ1) is 11.1. The number of ketones is 1. The second-order valence-corrected chi connectivity index (χ2v) is 5.10. The molecule has 0 unspecified atom stereocenters. The Labute approximate surface area is 137 Å². The quantitative estimate of drug-likeness (QED) is 0.564. The monoisotopic (exact) mass is 327 g/mol. The van der Waals surface area contributed by atoms with Crippen LogP contribution < -0.4 is 10.1 Å². The largest absolute Gasteiger partial charge is 0.490 e. The molecule has 1 N–H and O–H groups in total. The van der Waals surface area contributed by atoms with Crippen molar-refractivity contribution < 1.29 is 23.4 Å². The third-order valence-corrected chi connectivity index (χ3v) is 2.89. The molecule has 0 aliphatic carbocycles. The van der Waals surface area contributed by atoms with Crippen LogP contribution in [0.5, 0.6) is 5.75 Å². The van der Waals surface area contributed by atoms with E-state index in [1.54, 1.807) is 12.1 Å². The lowest BCUT2D eigenvalue weighted by Gasteiger charge is -2.09. The van der Waals surface area contributed by atoms with Crippen molar-refractivity contribution in [1.29, 1.82) is 0 Å². The molecule has 1 aromatic carbocycles. The van der Waals surface area contributed by atoms with E-state index < -0.39 is 0 Å². The Morgan fingerprint density at radius 2 is 1.83 bits per heavy atom. The summed E-state index contributed by atoms with van der Waals surface area (Å²) in [5.74, 6) is -0.0925. The number of carbonyl (C=O) groups excluding carboxylic acids is 1. The van der Waals surface area contributed by atoms with Crippen LogP contribution in [0.2, 0.25) is 0 Å². The first-order valence-corrected chi connectivity index (χ1v) is 7.94. The van der Waals surface area contributed by atoms with Crippen molar-refractivity contribution in [2.24, 2.45) is 0 Å². The van der Waals surface area contributed by atoms with Crippen LogP contribution in [0.4, 0.5) is 10.1 Å². The molecule has 6 heteroatoms. The van der Waals surface area contributed by atoms with Crippen LogP contribution in [0, 0.1) is 5.82 Å². The van der Waals surface area contributed by atoms with Gasteiger partial charge in [-0.1, -0.05) is 0 Å². The van der Waals surface area contributed by atoms with Crippen molar-refractivity contribution in [1.82, 2.24) is 0 Å². The molecule has 0 saturated heterocycles. The Bertz CT molecular complexity index is 468. The Hall–Kier alpha value is -1.66. The normalized spacial score (nSPS) is 10.6. The number of hydrogen-bond donors (Lipinski definition) is 1. The molecule has 0 aliphatic rings. The van der Waals surface area contributed by atoms with Crippen LogP contribution in [-0.2, 0) is 14.3 Å². The molecule has 0 amide bonds. The van der Waals surface area contributed by atoms with Crippen LogP contribution in [0.15, 0.2) is 18.2 Å². The van der Waals surface area contributed by atoms with Crippen molar-refractivity contribution >= 4 is 11.5 Å². The zero-order valence-corrected chi connectivity index (χ0v) is 13.9. The van der Waals surface area contributed by atoms with Crippen LogP contribution >= 0.6 is 0 Å². The SMILES string of the molecule is CCNc1ccc(OCCCOCCCOCC(C)=O)c(F)c1. The second-order valence-electron chi connectivity index (χ2n) is 5.10. The predicted molar refractivity (Wildman–Crippen MR) is 87.6 cm³/mol. The maximum Gasteiger partial charge on any atom is 0.167 e. The Morgan fingerprint density at radius 3 is 2.48 bits per heavy atom. The smallest absolute Gasteiger partial charge is 0.167 e. The zero-order chi connectivity index (χ0) is 16.9. The third-order valence-electron chi connectivity index (χ3n) is 2.89. The maximum absolute atomic E-state index is 13.7. The molecule has 1 rings (SSSR count). The van der Waals surface area contributed by atoms with Gasteiger partial charge in [0.2, 0.25) is 0 Å². The number of rotatable bonds is 13. The number of nitrogens with one attached hydrogen (secondary N) is 1. The molecule has 0 radical (unpaired) electrons. The molecule has 5 nitrogen and oxygen atoms in total. The van der Waals surface area contributed by atoms with E-state index in [0.29, 0.717) is 32.8 Å². The summed E-state index contributed by atoms with van der Waals surface area (Å²) in [6, 6.07) is 4.84. The van der Waals surface area contributed by atoms with E-state index in [9.17, 15) is 9.18 Å². The Kier molecular flexibility index (Phi) is 9.99. The fourth-order valence-electron chi connectivity index (χ4n) is 1.86. The lowest BCUT2D eigenvalue weighted by molar-refractivity contribution is -0.121. The van der Waals surface area contributed by atoms with Crippen molar-refractivity contribution in [3.8, 4) is 5.75 Å². The summed E-state index contributed by atoms with van der Waals surface area (Å²) in [6.45, 7) is 6.39. The highest BCUT2D eigenvalue weighted by atomic mass is 19.1. The van der Waals surface area contributed by atoms with Gasteiger partial charge in [0.05, 0.1) is 6.61 Å². The van der Waals surface area contributed by atoms with Gasteiger partial charge in [-0.3, -0.25) is 4.79 Å². The van der Waals surface area contributed by atoms with Gasteiger partial charge in [-0.15, -0.1) is 0 Å². The molecule has 23 heavy (non-hydrogen) atoms. The van der Waals surface area contributed by atoms with Crippen molar-refractivity contribution in [2.75, 3.05) is 44.9 Å². The van der Waals surface area contributed by atoms with E-state index in [-0.39, 0.29) is 24.0 Å². The summed E-state index contributed by atoms with van der Waals surface area (Å²) in [5.41, 5.74) is 0.743. The predicted octanol–water partition coefficient (Wildman–Crippen LogP) is 3.04. The van der Waals surface area contributed by atoms with Gasteiger partial charge in [0.25, 0.3) is 0 Å².